The molecule has 0 saturated carbocycles. The molecule has 0 amide bonds. The number of thiazole rings is 1. The maximum absolute atomic E-state index is 7.80. The van der Waals surface area contributed by atoms with Gasteiger partial charge < -0.3 is 4.90 Å². The fourth-order valence-electron chi connectivity index (χ4n) is 1.03. The molecular formula is C8H13N3S. The van der Waals surface area contributed by atoms with Crippen molar-refractivity contribution in [1.29, 1.82) is 5.41 Å². The van der Waals surface area contributed by atoms with E-state index < -0.39 is 0 Å². The van der Waals surface area contributed by atoms with Crippen molar-refractivity contribution in [3.05, 3.63) is 16.6 Å². The highest BCUT2D eigenvalue weighted by molar-refractivity contribution is 7.11. The zero-order valence-electron chi connectivity index (χ0n) is 7.37. The number of hydrogen-bond donors (Lipinski definition) is 1. The zero-order chi connectivity index (χ0) is 8.97. The smallest absolute Gasteiger partial charge is 0.139 e. The SMILES string of the molecule is CCN(CC)C(=N)c1cncs1. The summed E-state index contributed by atoms with van der Waals surface area (Å²) in [5.74, 6) is 0.586. The van der Waals surface area contributed by atoms with Crippen molar-refractivity contribution in [2.75, 3.05) is 13.1 Å². The lowest BCUT2D eigenvalue weighted by Crippen LogP contribution is -2.29. The number of rotatable bonds is 3. The monoisotopic (exact) mass is 183 g/mol. The molecule has 0 saturated heterocycles. The highest BCUT2D eigenvalue weighted by Gasteiger charge is 2.08. The number of aromatic nitrogens is 1. The van der Waals surface area contributed by atoms with Gasteiger partial charge in [-0.05, 0) is 13.8 Å². The van der Waals surface area contributed by atoms with Crippen molar-refractivity contribution in [3.63, 3.8) is 0 Å². The predicted octanol–water partition coefficient (Wildman–Crippen LogP) is 1.81. The summed E-state index contributed by atoms with van der Waals surface area (Å²) in [6, 6.07) is 0. The van der Waals surface area contributed by atoms with E-state index in [0.29, 0.717) is 5.84 Å². The van der Waals surface area contributed by atoms with Gasteiger partial charge in [0.25, 0.3) is 0 Å². The summed E-state index contributed by atoms with van der Waals surface area (Å²) >= 11 is 1.51. The molecule has 1 heterocycles. The molecule has 1 aromatic rings. The molecule has 0 spiro atoms. The molecule has 0 aliphatic rings. The van der Waals surface area contributed by atoms with Gasteiger partial charge in [0.2, 0.25) is 0 Å². The lowest BCUT2D eigenvalue weighted by molar-refractivity contribution is 0.464. The van der Waals surface area contributed by atoms with Crippen LogP contribution in [0.25, 0.3) is 0 Å². The van der Waals surface area contributed by atoms with Crippen LogP contribution in [0.1, 0.15) is 18.7 Å². The second-order valence-electron chi connectivity index (χ2n) is 2.39. The van der Waals surface area contributed by atoms with E-state index in [1.54, 1.807) is 11.7 Å². The highest BCUT2D eigenvalue weighted by Crippen LogP contribution is 2.08. The minimum Gasteiger partial charge on any atom is -0.356 e. The fraction of sp³-hybridized carbons (Fsp3) is 0.500. The minimum atomic E-state index is 0.586. The molecule has 0 unspecified atom stereocenters. The van der Waals surface area contributed by atoms with E-state index in [4.69, 9.17) is 5.41 Å². The third-order valence-electron chi connectivity index (χ3n) is 1.75. The first-order valence-corrected chi connectivity index (χ1v) is 4.89. The summed E-state index contributed by atoms with van der Waals surface area (Å²) < 4.78 is 0. The van der Waals surface area contributed by atoms with Crippen LogP contribution in [-0.4, -0.2) is 28.8 Å². The minimum absolute atomic E-state index is 0.586. The van der Waals surface area contributed by atoms with Crippen molar-refractivity contribution in [2.24, 2.45) is 0 Å². The molecule has 0 fully saturated rings. The van der Waals surface area contributed by atoms with Gasteiger partial charge >= 0.3 is 0 Å². The average molecular weight is 183 g/mol. The van der Waals surface area contributed by atoms with Gasteiger partial charge in [-0.3, -0.25) is 10.4 Å². The lowest BCUT2D eigenvalue weighted by atomic mass is 10.4. The largest absolute Gasteiger partial charge is 0.356 e. The molecular weight excluding hydrogens is 170 g/mol. The maximum Gasteiger partial charge on any atom is 0.139 e. The van der Waals surface area contributed by atoms with Gasteiger partial charge in [0.1, 0.15) is 5.84 Å². The first-order chi connectivity index (χ1) is 5.79. The first kappa shape index (κ1) is 9.19. The molecule has 12 heavy (non-hydrogen) atoms. The number of hydrogen-bond acceptors (Lipinski definition) is 3. The van der Waals surface area contributed by atoms with E-state index in [1.165, 1.54) is 11.3 Å². The predicted molar refractivity (Wildman–Crippen MR) is 51.9 cm³/mol. The number of nitrogens with zero attached hydrogens (tertiary/aromatic N) is 2. The summed E-state index contributed by atoms with van der Waals surface area (Å²) in [5.41, 5.74) is 1.76. The van der Waals surface area contributed by atoms with E-state index in [0.717, 1.165) is 18.0 Å². The highest BCUT2D eigenvalue weighted by atomic mass is 32.1. The Kier molecular flexibility index (Phi) is 3.22. The van der Waals surface area contributed by atoms with Gasteiger partial charge in [0.15, 0.2) is 0 Å². The summed E-state index contributed by atoms with van der Waals surface area (Å²) in [6.45, 7) is 5.87. The Morgan fingerprint density at radius 2 is 2.25 bits per heavy atom. The Hall–Kier alpha value is -0.900. The molecule has 4 heteroatoms. The number of nitrogens with one attached hydrogen (secondary N) is 1. The molecule has 1 aromatic heterocycles. The van der Waals surface area contributed by atoms with Crippen LogP contribution in [-0.2, 0) is 0 Å². The average Bonchev–Trinajstić information content (AvgIpc) is 2.58. The Labute approximate surface area is 76.6 Å². The summed E-state index contributed by atoms with van der Waals surface area (Å²) in [5, 5.41) is 7.80. The van der Waals surface area contributed by atoms with Crippen molar-refractivity contribution < 1.29 is 0 Å². The first-order valence-electron chi connectivity index (χ1n) is 4.02. The van der Waals surface area contributed by atoms with Crippen LogP contribution < -0.4 is 0 Å². The summed E-state index contributed by atoms with van der Waals surface area (Å²) in [4.78, 5) is 6.90. The van der Waals surface area contributed by atoms with Crippen molar-refractivity contribution in [2.45, 2.75) is 13.8 Å². The van der Waals surface area contributed by atoms with Crippen LogP contribution in [0.2, 0.25) is 0 Å². The van der Waals surface area contributed by atoms with Gasteiger partial charge in [0, 0.05) is 19.3 Å². The molecule has 66 valence electrons. The second kappa shape index (κ2) is 4.21. The van der Waals surface area contributed by atoms with E-state index in [2.05, 4.69) is 18.8 Å². The third kappa shape index (κ3) is 1.82. The van der Waals surface area contributed by atoms with Crippen LogP contribution in [0.3, 0.4) is 0 Å². The van der Waals surface area contributed by atoms with Gasteiger partial charge in [0.05, 0.1) is 10.4 Å². The van der Waals surface area contributed by atoms with Gasteiger partial charge in [-0.2, -0.15) is 0 Å². The lowest BCUT2D eigenvalue weighted by Gasteiger charge is -2.19. The Morgan fingerprint density at radius 1 is 1.58 bits per heavy atom. The summed E-state index contributed by atoms with van der Waals surface area (Å²) in [6.07, 6.45) is 1.74. The van der Waals surface area contributed by atoms with Gasteiger partial charge in [-0.25, -0.2) is 0 Å². The topological polar surface area (TPSA) is 40.0 Å². The van der Waals surface area contributed by atoms with Gasteiger partial charge in [-0.15, -0.1) is 11.3 Å². The van der Waals surface area contributed by atoms with E-state index in [1.807, 2.05) is 4.90 Å². The Morgan fingerprint density at radius 3 is 2.67 bits per heavy atom. The van der Waals surface area contributed by atoms with E-state index in [9.17, 15) is 0 Å². The van der Waals surface area contributed by atoms with Gasteiger partial charge in [-0.1, -0.05) is 0 Å². The normalized spacial score (nSPS) is 9.83. The van der Waals surface area contributed by atoms with Crippen LogP contribution >= 0.6 is 11.3 Å². The van der Waals surface area contributed by atoms with Crippen molar-refractivity contribution >= 4 is 17.2 Å². The molecule has 1 rings (SSSR count). The van der Waals surface area contributed by atoms with E-state index in [-0.39, 0.29) is 0 Å². The maximum atomic E-state index is 7.80. The Bertz CT molecular complexity index is 239. The van der Waals surface area contributed by atoms with Crippen LogP contribution in [0, 0.1) is 5.41 Å². The summed E-state index contributed by atoms with van der Waals surface area (Å²) in [7, 11) is 0. The molecule has 0 aliphatic carbocycles. The Balaban J connectivity index is 2.70. The zero-order valence-corrected chi connectivity index (χ0v) is 8.19. The molecule has 3 nitrogen and oxygen atoms in total. The second-order valence-corrected chi connectivity index (χ2v) is 3.27. The number of amidine groups is 1. The fourth-order valence-corrected chi connectivity index (χ4v) is 1.63. The van der Waals surface area contributed by atoms with Crippen LogP contribution in [0.4, 0.5) is 0 Å². The standard InChI is InChI=1S/C8H13N3S/c1-3-11(4-2)8(9)7-5-10-6-12-7/h5-6,9H,3-4H2,1-2H3. The van der Waals surface area contributed by atoms with Crippen LogP contribution in [0.15, 0.2) is 11.7 Å². The quantitative estimate of drug-likeness (QED) is 0.573. The van der Waals surface area contributed by atoms with E-state index >= 15 is 0 Å². The third-order valence-corrected chi connectivity index (χ3v) is 2.53. The molecule has 0 bridgehead atoms. The van der Waals surface area contributed by atoms with Crippen molar-refractivity contribution in [3.8, 4) is 0 Å². The van der Waals surface area contributed by atoms with Crippen LogP contribution in [0.5, 0.6) is 0 Å². The molecule has 1 N–H and O–H groups in total. The molecule has 0 atom stereocenters. The molecule has 0 radical (unpaired) electrons. The molecule has 0 aromatic carbocycles. The van der Waals surface area contributed by atoms with Crippen molar-refractivity contribution in [1.82, 2.24) is 9.88 Å². The molecule has 0 aliphatic heterocycles.